The van der Waals surface area contributed by atoms with E-state index in [0.29, 0.717) is 17.7 Å². The normalized spacial score (nSPS) is 21.6. The molecule has 2 unspecified atom stereocenters. The van der Waals surface area contributed by atoms with Gasteiger partial charge in [0.1, 0.15) is 17.1 Å². The van der Waals surface area contributed by atoms with Crippen LogP contribution in [0, 0.1) is 0 Å². The molecule has 3 aliphatic rings. The zero-order valence-electron chi connectivity index (χ0n) is 14.6. The molecular weight excluding hydrogens is 349 g/mol. The van der Waals surface area contributed by atoms with E-state index in [1.54, 1.807) is 12.4 Å². The maximum Gasteiger partial charge on any atom is 0.250 e. The van der Waals surface area contributed by atoms with Crippen molar-refractivity contribution in [1.29, 1.82) is 0 Å². The molecule has 0 bridgehead atoms. The quantitative estimate of drug-likeness (QED) is 0.799. The first-order valence-electron chi connectivity index (χ1n) is 8.67. The van der Waals surface area contributed by atoms with E-state index in [4.69, 9.17) is 4.74 Å². The van der Waals surface area contributed by atoms with Gasteiger partial charge < -0.3 is 15.4 Å². The summed E-state index contributed by atoms with van der Waals surface area (Å²) in [6, 6.07) is 5.74. The van der Waals surface area contributed by atoms with Gasteiger partial charge in [0, 0.05) is 30.4 Å². The molecule has 4 rings (SSSR count). The molecule has 6 nitrogen and oxygen atoms in total. The first kappa shape index (κ1) is 17.0. The topological polar surface area (TPSA) is 79.8 Å². The smallest absolute Gasteiger partial charge is 0.250 e. The number of hydrogen-bond acceptors (Lipinski definition) is 5. The number of hydrogen-bond donors (Lipinski definition) is 2. The Labute approximate surface area is 153 Å². The number of amides is 1. The van der Waals surface area contributed by atoms with E-state index in [-0.39, 0.29) is 32.0 Å². The van der Waals surface area contributed by atoms with Crippen molar-refractivity contribution in [3.8, 4) is 5.75 Å². The number of fused-ring (bicyclic) bond motifs is 2. The average Bonchev–Trinajstić information content (AvgIpc) is 3.18. The molecule has 2 atom stereocenters. The lowest BCUT2D eigenvalue weighted by atomic mass is 10.1. The zero-order chi connectivity index (χ0) is 18.3. The number of aryl methyl sites for hydroxylation is 1. The van der Waals surface area contributed by atoms with E-state index in [1.165, 1.54) is 0 Å². The Kier molecular flexibility index (Phi) is 4.37. The molecular formula is C19H20N3O3P. The number of carbonyl (C=O) groups is 2. The van der Waals surface area contributed by atoms with Gasteiger partial charge in [-0.05, 0) is 46.5 Å². The van der Waals surface area contributed by atoms with Crippen LogP contribution < -0.4 is 15.4 Å². The molecule has 1 aromatic carbocycles. The van der Waals surface area contributed by atoms with Crippen LogP contribution in [0.25, 0.3) is 0 Å². The van der Waals surface area contributed by atoms with Crippen molar-refractivity contribution in [2.24, 2.45) is 4.99 Å². The third kappa shape index (κ3) is 3.17. The minimum absolute atomic E-state index is 0.0718. The molecule has 0 saturated heterocycles. The van der Waals surface area contributed by atoms with E-state index < -0.39 is 0 Å². The summed E-state index contributed by atoms with van der Waals surface area (Å²) in [6.07, 6.45) is 4.79. The van der Waals surface area contributed by atoms with Crippen LogP contribution in [0.3, 0.4) is 0 Å². The Morgan fingerprint density at radius 1 is 1.38 bits per heavy atom. The lowest BCUT2D eigenvalue weighted by Gasteiger charge is -2.24. The second-order valence-corrected chi connectivity index (χ2v) is 8.16. The molecule has 0 saturated carbocycles. The van der Waals surface area contributed by atoms with Crippen molar-refractivity contribution < 1.29 is 14.3 Å². The Morgan fingerprint density at radius 2 is 2.23 bits per heavy atom. The van der Waals surface area contributed by atoms with Crippen molar-refractivity contribution >= 4 is 26.1 Å². The molecule has 2 N–H and O–H groups in total. The molecule has 1 aliphatic carbocycles. The van der Waals surface area contributed by atoms with Crippen LogP contribution in [0.15, 0.2) is 46.7 Å². The van der Waals surface area contributed by atoms with Gasteiger partial charge in [0.25, 0.3) is 0 Å². The van der Waals surface area contributed by atoms with E-state index in [2.05, 4.69) is 15.6 Å². The molecule has 1 aromatic rings. The predicted molar refractivity (Wildman–Crippen MR) is 102 cm³/mol. The number of nitrogens with one attached hydrogen (secondary N) is 2. The van der Waals surface area contributed by atoms with Gasteiger partial charge in [0.15, 0.2) is 5.78 Å². The third-order valence-electron chi connectivity index (χ3n) is 4.48. The predicted octanol–water partition coefficient (Wildman–Crippen LogP) is 2.46. The van der Waals surface area contributed by atoms with Crippen molar-refractivity contribution in [2.45, 2.75) is 38.4 Å². The number of rotatable bonds is 4. The summed E-state index contributed by atoms with van der Waals surface area (Å²) in [5.41, 5.74) is 3.13. The second-order valence-electron chi connectivity index (χ2n) is 6.80. The van der Waals surface area contributed by atoms with Crippen LogP contribution >= 0.6 is 8.58 Å². The van der Waals surface area contributed by atoms with Gasteiger partial charge in [-0.25, -0.2) is 4.99 Å². The summed E-state index contributed by atoms with van der Waals surface area (Å²) in [5, 5.41) is 6.04. The van der Waals surface area contributed by atoms with Crippen LogP contribution in [0.5, 0.6) is 5.75 Å². The Morgan fingerprint density at radius 3 is 3.04 bits per heavy atom. The first-order valence-corrected chi connectivity index (χ1v) is 9.75. The highest BCUT2D eigenvalue weighted by Gasteiger charge is 2.33. The fourth-order valence-corrected chi connectivity index (χ4v) is 4.50. The number of ether oxygens (including phenoxy) is 1. The van der Waals surface area contributed by atoms with Gasteiger partial charge in [-0.2, -0.15) is 0 Å². The number of nitrogens with zero attached hydrogens (tertiary/aromatic N) is 1. The molecule has 134 valence electrons. The number of benzene rings is 1. The highest BCUT2D eigenvalue weighted by molar-refractivity contribution is 7.45. The van der Waals surface area contributed by atoms with Gasteiger partial charge >= 0.3 is 0 Å². The molecule has 0 aromatic heterocycles. The van der Waals surface area contributed by atoms with Crippen LogP contribution in [-0.2, 0) is 11.2 Å². The molecule has 7 heteroatoms. The van der Waals surface area contributed by atoms with Gasteiger partial charge in [-0.15, -0.1) is 0 Å². The zero-order valence-corrected chi connectivity index (χ0v) is 15.6. The fourth-order valence-electron chi connectivity index (χ4n) is 3.23. The van der Waals surface area contributed by atoms with E-state index in [1.807, 2.05) is 32.0 Å². The SMILES string of the molecule is CC(C)NC(=O)C1=CN=C2NC=C(Oc3ccc4c(c3)C(=O)CC4)PC12. The lowest BCUT2D eigenvalue weighted by Crippen LogP contribution is -2.38. The number of Topliss-reactive ketones (excluding diaryl/α,β-unsaturated/α-hetero) is 1. The van der Waals surface area contributed by atoms with Gasteiger partial charge in [0.2, 0.25) is 5.91 Å². The summed E-state index contributed by atoms with van der Waals surface area (Å²) in [5.74, 6) is 1.50. The molecule has 2 heterocycles. The van der Waals surface area contributed by atoms with E-state index in [0.717, 1.165) is 28.9 Å². The highest BCUT2D eigenvalue weighted by atomic mass is 31.1. The third-order valence-corrected chi connectivity index (χ3v) is 5.88. The minimum Gasteiger partial charge on any atom is -0.456 e. The molecule has 0 spiro atoms. The Bertz CT molecular complexity index is 886. The van der Waals surface area contributed by atoms with Gasteiger partial charge in [-0.3, -0.25) is 9.59 Å². The maximum absolute atomic E-state index is 12.4. The standard InChI is InChI=1S/C19H20N3O3P/c1-10(2)22-19(24)14-8-20-18-17(14)26-16(9-21-18)25-12-5-3-11-4-6-15(23)13(11)7-12/h3,5,7-10,17,26H,4,6H2,1-2H3,(H,20,21)(H,22,24). The molecule has 0 fully saturated rings. The van der Waals surface area contributed by atoms with Crippen LogP contribution in [0.4, 0.5) is 0 Å². The highest BCUT2D eigenvalue weighted by Crippen LogP contribution is 2.40. The molecule has 26 heavy (non-hydrogen) atoms. The van der Waals surface area contributed by atoms with Crippen LogP contribution in [0.1, 0.15) is 36.2 Å². The number of ketones is 1. The molecule has 2 aliphatic heterocycles. The van der Waals surface area contributed by atoms with Crippen LogP contribution in [0.2, 0.25) is 0 Å². The fraction of sp³-hybridized carbons (Fsp3) is 0.316. The number of aliphatic imine (C=N–C) groups is 1. The van der Waals surface area contributed by atoms with Gasteiger partial charge in [-0.1, -0.05) is 6.07 Å². The van der Waals surface area contributed by atoms with Crippen LogP contribution in [-0.4, -0.2) is 29.2 Å². The van der Waals surface area contributed by atoms with Crippen molar-refractivity contribution in [3.05, 3.63) is 52.8 Å². The number of amidine groups is 1. The number of carbonyl (C=O) groups excluding carboxylic acids is 2. The summed E-state index contributed by atoms with van der Waals surface area (Å²) < 4.78 is 5.99. The Balaban J connectivity index is 1.48. The van der Waals surface area contributed by atoms with Crippen molar-refractivity contribution in [1.82, 2.24) is 10.6 Å². The average molecular weight is 369 g/mol. The Hall–Kier alpha value is -2.46. The largest absolute Gasteiger partial charge is 0.456 e. The lowest BCUT2D eigenvalue weighted by molar-refractivity contribution is -0.117. The summed E-state index contributed by atoms with van der Waals surface area (Å²) in [6.45, 7) is 3.86. The maximum atomic E-state index is 12.4. The summed E-state index contributed by atoms with van der Waals surface area (Å²) in [7, 11) is 0.258. The minimum atomic E-state index is -0.107. The molecule has 0 radical (unpaired) electrons. The van der Waals surface area contributed by atoms with Crippen molar-refractivity contribution in [2.75, 3.05) is 0 Å². The summed E-state index contributed by atoms with van der Waals surface area (Å²) in [4.78, 5) is 28.6. The van der Waals surface area contributed by atoms with E-state index >= 15 is 0 Å². The molecule has 1 amide bonds. The van der Waals surface area contributed by atoms with Crippen molar-refractivity contribution in [3.63, 3.8) is 0 Å². The second kappa shape index (κ2) is 6.69. The summed E-state index contributed by atoms with van der Waals surface area (Å²) >= 11 is 0. The first-order chi connectivity index (χ1) is 12.5. The van der Waals surface area contributed by atoms with Gasteiger partial charge in [0.05, 0.1) is 11.2 Å². The van der Waals surface area contributed by atoms with E-state index in [9.17, 15) is 9.59 Å². The monoisotopic (exact) mass is 369 g/mol.